The molecular weight excluding hydrogens is 225 g/mol. The molecule has 1 atom stereocenters. The van der Waals surface area contributed by atoms with E-state index in [2.05, 4.69) is 4.74 Å². The summed E-state index contributed by atoms with van der Waals surface area (Å²) in [5.41, 5.74) is -3.70. The van der Waals surface area contributed by atoms with Crippen LogP contribution in [0.15, 0.2) is 0 Å². The van der Waals surface area contributed by atoms with Crippen LogP contribution in [0.25, 0.3) is 0 Å². The highest BCUT2D eigenvalue weighted by molar-refractivity contribution is 5.16. The van der Waals surface area contributed by atoms with Gasteiger partial charge in [-0.25, -0.2) is 13.2 Å². The Morgan fingerprint density at radius 1 is 1.25 bits per heavy atom. The average Bonchev–Trinajstić information content (AvgIpc) is 2.26. The lowest BCUT2D eigenvalue weighted by atomic mass is 9.61. The first-order chi connectivity index (χ1) is 7.38. The van der Waals surface area contributed by atoms with Crippen LogP contribution in [-0.4, -0.2) is 42.3 Å². The van der Waals surface area contributed by atoms with E-state index in [4.69, 9.17) is 4.74 Å². The molecule has 0 saturated heterocycles. The molecule has 16 heavy (non-hydrogen) atoms. The second-order valence-electron chi connectivity index (χ2n) is 4.63. The maximum atomic E-state index is 13.8. The lowest BCUT2D eigenvalue weighted by Gasteiger charge is -2.56. The van der Waals surface area contributed by atoms with Crippen molar-refractivity contribution in [2.75, 3.05) is 13.9 Å². The molecule has 3 rings (SSSR count). The molecule has 0 heterocycles. The van der Waals surface area contributed by atoms with Gasteiger partial charge in [0, 0.05) is 7.11 Å². The van der Waals surface area contributed by atoms with Crippen LogP contribution in [0.4, 0.5) is 13.2 Å². The lowest BCUT2D eigenvalue weighted by Crippen LogP contribution is -2.71. The molecular formula is C10H15F3O3. The summed E-state index contributed by atoms with van der Waals surface area (Å²) in [6, 6.07) is 0. The van der Waals surface area contributed by atoms with Gasteiger partial charge in [0.05, 0.1) is 0 Å². The zero-order valence-electron chi connectivity index (χ0n) is 9.01. The molecule has 6 heteroatoms. The standard InChI is InChI=1S/C10H15F3O3/c1-15-6-16-8-2-4-9(14,5-3-8)10(12,13)7(8)11/h7,14H,2-6H2,1H3. The van der Waals surface area contributed by atoms with Gasteiger partial charge in [0.2, 0.25) is 0 Å². The average molecular weight is 240 g/mol. The molecule has 3 nitrogen and oxygen atoms in total. The fraction of sp³-hybridized carbons (Fsp3) is 1.00. The van der Waals surface area contributed by atoms with Crippen molar-refractivity contribution in [2.45, 2.75) is 49.0 Å². The molecule has 0 aromatic heterocycles. The highest BCUT2D eigenvalue weighted by atomic mass is 19.3. The number of halogens is 3. The third kappa shape index (κ3) is 1.39. The minimum atomic E-state index is -3.74. The number of fused-ring (bicyclic) bond motifs is 3. The number of alkyl halides is 3. The Kier molecular flexibility index (Phi) is 2.72. The van der Waals surface area contributed by atoms with Crippen molar-refractivity contribution in [2.24, 2.45) is 0 Å². The minimum absolute atomic E-state index is 0.101. The molecule has 3 saturated carbocycles. The number of ether oxygens (including phenoxy) is 2. The van der Waals surface area contributed by atoms with Gasteiger partial charge in [0.15, 0.2) is 6.17 Å². The normalized spacial score (nSPS) is 45.9. The van der Waals surface area contributed by atoms with Gasteiger partial charge in [0.1, 0.15) is 18.0 Å². The third-order valence-corrected chi connectivity index (χ3v) is 3.79. The van der Waals surface area contributed by atoms with Crippen molar-refractivity contribution in [3.05, 3.63) is 0 Å². The largest absolute Gasteiger partial charge is 0.383 e. The molecule has 3 aliphatic rings. The Balaban J connectivity index is 2.24. The number of aliphatic hydroxyl groups is 1. The molecule has 0 aromatic rings. The highest BCUT2D eigenvalue weighted by Gasteiger charge is 2.72. The van der Waals surface area contributed by atoms with Crippen LogP contribution >= 0.6 is 0 Å². The van der Waals surface area contributed by atoms with Gasteiger partial charge in [0.25, 0.3) is 0 Å². The van der Waals surface area contributed by atoms with Gasteiger partial charge in [-0.3, -0.25) is 0 Å². The zero-order valence-corrected chi connectivity index (χ0v) is 9.01. The highest BCUT2D eigenvalue weighted by Crippen LogP contribution is 2.57. The molecule has 3 fully saturated rings. The number of hydrogen-bond donors (Lipinski definition) is 1. The smallest absolute Gasteiger partial charge is 0.309 e. The molecule has 0 spiro atoms. The second-order valence-corrected chi connectivity index (χ2v) is 4.63. The predicted molar refractivity (Wildman–Crippen MR) is 49.0 cm³/mol. The molecule has 0 radical (unpaired) electrons. The van der Waals surface area contributed by atoms with Crippen molar-refractivity contribution in [1.29, 1.82) is 0 Å². The topological polar surface area (TPSA) is 38.7 Å². The quantitative estimate of drug-likeness (QED) is 0.762. The Hall–Kier alpha value is -0.330. The molecule has 0 aliphatic heterocycles. The van der Waals surface area contributed by atoms with Crippen LogP contribution in [0, 0.1) is 0 Å². The van der Waals surface area contributed by atoms with Gasteiger partial charge in [-0.1, -0.05) is 0 Å². The summed E-state index contributed by atoms with van der Waals surface area (Å²) in [4.78, 5) is 0. The van der Waals surface area contributed by atoms with Crippen molar-refractivity contribution >= 4 is 0 Å². The van der Waals surface area contributed by atoms with E-state index in [0.29, 0.717) is 0 Å². The summed E-state index contributed by atoms with van der Waals surface area (Å²) >= 11 is 0. The van der Waals surface area contributed by atoms with Crippen molar-refractivity contribution in [3.8, 4) is 0 Å². The molecule has 0 aromatic carbocycles. The van der Waals surface area contributed by atoms with E-state index < -0.39 is 23.3 Å². The Labute approximate surface area is 91.5 Å². The molecule has 2 bridgehead atoms. The number of hydrogen-bond acceptors (Lipinski definition) is 3. The number of methoxy groups -OCH3 is 1. The van der Waals surface area contributed by atoms with E-state index >= 15 is 0 Å². The Morgan fingerprint density at radius 2 is 1.81 bits per heavy atom. The Morgan fingerprint density at radius 3 is 2.31 bits per heavy atom. The minimum Gasteiger partial charge on any atom is -0.383 e. The summed E-state index contributed by atoms with van der Waals surface area (Å²) in [7, 11) is 1.35. The van der Waals surface area contributed by atoms with Crippen molar-refractivity contribution in [3.63, 3.8) is 0 Å². The van der Waals surface area contributed by atoms with Crippen LogP contribution < -0.4 is 0 Å². The van der Waals surface area contributed by atoms with E-state index in [1.54, 1.807) is 0 Å². The van der Waals surface area contributed by atoms with Crippen molar-refractivity contribution < 1.29 is 27.8 Å². The molecule has 94 valence electrons. The van der Waals surface area contributed by atoms with Crippen LogP contribution in [-0.2, 0) is 9.47 Å². The molecule has 0 amide bonds. The van der Waals surface area contributed by atoms with Gasteiger partial charge in [-0.05, 0) is 25.7 Å². The number of rotatable bonds is 3. The first kappa shape index (κ1) is 12.1. The van der Waals surface area contributed by atoms with Gasteiger partial charge < -0.3 is 14.6 Å². The second kappa shape index (κ2) is 3.58. The fourth-order valence-corrected chi connectivity index (χ4v) is 2.63. The van der Waals surface area contributed by atoms with Gasteiger partial charge in [-0.15, -0.1) is 0 Å². The maximum absolute atomic E-state index is 13.8. The van der Waals surface area contributed by atoms with Crippen molar-refractivity contribution in [1.82, 2.24) is 0 Å². The first-order valence-electron chi connectivity index (χ1n) is 5.25. The van der Waals surface area contributed by atoms with E-state index in [0.717, 1.165) is 0 Å². The summed E-state index contributed by atoms with van der Waals surface area (Å²) in [6.45, 7) is -0.213. The van der Waals surface area contributed by atoms with Crippen LogP contribution in [0.5, 0.6) is 0 Å². The zero-order chi connectivity index (χ0) is 12.0. The maximum Gasteiger partial charge on any atom is 0.309 e. The fourth-order valence-electron chi connectivity index (χ4n) is 2.63. The van der Waals surface area contributed by atoms with Crippen LogP contribution in [0.3, 0.4) is 0 Å². The molecule has 1 unspecified atom stereocenters. The van der Waals surface area contributed by atoms with Crippen LogP contribution in [0.1, 0.15) is 25.7 Å². The predicted octanol–water partition coefficient (Wildman–Crippen LogP) is 1.64. The molecule has 1 N–H and O–H groups in total. The van der Waals surface area contributed by atoms with E-state index in [9.17, 15) is 18.3 Å². The summed E-state index contributed by atoms with van der Waals surface area (Å²) in [5.74, 6) is -3.74. The Bertz CT molecular complexity index is 269. The van der Waals surface area contributed by atoms with E-state index in [1.165, 1.54) is 7.11 Å². The van der Waals surface area contributed by atoms with E-state index in [-0.39, 0.29) is 32.5 Å². The lowest BCUT2D eigenvalue weighted by molar-refractivity contribution is -0.331. The van der Waals surface area contributed by atoms with E-state index in [1.807, 2.05) is 0 Å². The summed E-state index contributed by atoms with van der Waals surface area (Å²) in [6.07, 6.45) is -2.54. The monoisotopic (exact) mass is 240 g/mol. The summed E-state index contributed by atoms with van der Waals surface area (Å²) in [5, 5.41) is 9.68. The SMILES string of the molecule is COCOC12CCC(O)(CC1)C(F)(F)C2F. The molecule has 3 aliphatic carbocycles. The third-order valence-electron chi connectivity index (χ3n) is 3.79. The van der Waals surface area contributed by atoms with Gasteiger partial charge >= 0.3 is 5.92 Å². The van der Waals surface area contributed by atoms with Gasteiger partial charge in [-0.2, -0.15) is 0 Å². The van der Waals surface area contributed by atoms with Crippen LogP contribution in [0.2, 0.25) is 0 Å². The summed E-state index contributed by atoms with van der Waals surface area (Å²) < 4.78 is 50.7. The first-order valence-corrected chi connectivity index (χ1v) is 5.25.